The van der Waals surface area contributed by atoms with Gasteiger partial charge in [-0.25, -0.2) is 0 Å². The minimum atomic E-state index is 0.195. The van der Waals surface area contributed by atoms with E-state index in [9.17, 15) is 0 Å². The molecule has 2 aromatic carbocycles. The third-order valence-electron chi connectivity index (χ3n) is 1.97. The van der Waals surface area contributed by atoms with Crippen molar-refractivity contribution in [2.75, 3.05) is 5.51 Å². The number of aliphatic hydroxyl groups excluding tert-OH is 1. The van der Waals surface area contributed by atoms with E-state index >= 15 is 0 Å². The molecule has 2 rings (SSSR count). The molecule has 0 aliphatic heterocycles. The summed E-state index contributed by atoms with van der Waals surface area (Å²) in [6, 6.07) is 14.5. The van der Waals surface area contributed by atoms with Gasteiger partial charge in [-0.15, -0.1) is 0 Å². The third kappa shape index (κ3) is 1.75. The molecule has 0 fully saturated rings. The van der Waals surface area contributed by atoms with Gasteiger partial charge in [0, 0.05) is 0 Å². The maximum atomic E-state index is 8.91. The van der Waals surface area contributed by atoms with Gasteiger partial charge in [-0.1, -0.05) is 0 Å². The molecule has 0 atom stereocenters. The number of hydrogen-bond acceptors (Lipinski definition) is 1. The molecular formula is C11H10OSe. The maximum absolute atomic E-state index is 8.91. The molecule has 2 aromatic rings. The molecule has 0 unspecified atom stereocenters. The Morgan fingerprint density at radius 2 is 1.77 bits per heavy atom. The zero-order valence-corrected chi connectivity index (χ0v) is 8.82. The second-order valence-corrected chi connectivity index (χ2v) is 4.82. The summed E-state index contributed by atoms with van der Waals surface area (Å²) in [6.07, 6.45) is 0. The first kappa shape index (κ1) is 8.76. The first-order valence-corrected chi connectivity index (χ1v) is 6.20. The van der Waals surface area contributed by atoms with Crippen molar-refractivity contribution in [3.05, 3.63) is 42.5 Å². The molecule has 0 aliphatic carbocycles. The number of aliphatic hydroxyl groups is 1. The Bertz CT molecular complexity index is 406. The Labute approximate surface area is 83.6 Å². The molecular weight excluding hydrogens is 227 g/mol. The van der Waals surface area contributed by atoms with Gasteiger partial charge in [-0.05, 0) is 0 Å². The van der Waals surface area contributed by atoms with Crippen LogP contribution >= 0.6 is 0 Å². The van der Waals surface area contributed by atoms with Gasteiger partial charge in [-0.3, -0.25) is 0 Å². The van der Waals surface area contributed by atoms with Crippen LogP contribution in [0, 0.1) is 0 Å². The normalized spacial score (nSPS) is 10.5. The van der Waals surface area contributed by atoms with Crippen LogP contribution in [-0.4, -0.2) is 25.6 Å². The number of hydrogen-bond donors (Lipinski definition) is 1. The van der Waals surface area contributed by atoms with Crippen LogP contribution in [0.5, 0.6) is 0 Å². The van der Waals surface area contributed by atoms with Gasteiger partial charge in [0.15, 0.2) is 0 Å². The van der Waals surface area contributed by atoms with Crippen molar-refractivity contribution in [2.45, 2.75) is 0 Å². The van der Waals surface area contributed by atoms with Crippen LogP contribution in [0.15, 0.2) is 42.5 Å². The van der Waals surface area contributed by atoms with E-state index in [0.717, 1.165) is 0 Å². The van der Waals surface area contributed by atoms with Crippen molar-refractivity contribution >= 4 is 30.2 Å². The Morgan fingerprint density at radius 1 is 1.00 bits per heavy atom. The van der Waals surface area contributed by atoms with Gasteiger partial charge in [0.1, 0.15) is 0 Å². The number of rotatable bonds is 2. The molecule has 0 aliphatic rings. The van der Waals surface area contributed by atoms with Gasteiger partial charge in [-0.2, -0.15) is 0 Å². The standard InChI is InChI=1S/C11H10OSe/c12-8-13-11-7-3-5-9-4-1-2-6-10(9)11/h1-7,12H,8H2. The summed E-state index contributed by atoms with van der Waals surface area (Å²) in [5.74, 6) is 0. The van der Waals surface area contributed by atoms with E-state index < -0.39 is 0 Å². The van der Waals surface area contributed by atoms with E-state index in [0.29, 0.717) is 0 Å². The Morgan fingerprint density at radius 3 is 2.62 bits per heavy atom. The van der Waals surface area contributed by atoms with Crippen molar-refractivity contribution < 1.29 is 5.11 Å². The van der Waals surface area contributed by atoms with Crippen LogP contribution in [0.1, 0.15) is 0 Å². The second kappa shape index (κ2) is 3.93. The van der Waals surface area contributed by atoms with E-state index in [1.54, 1.807) is 0 Å². The Hall–Kier alpha value is -0.821. The molecule has 0 saturated heterocycles. The summed E-state index contributed by atoms with van der Waals surface area (Å²) in [6.45, 7) is 0. The molecule has 0 radical (unpaired) electrons. The van der Waals surface area contributed by atoms with Crippen LogP contribution < -0.4 is 4.46 Å². The van der Waals surface area contributed by atoms with Gasteiger partial charge in [0.25, 0.3) is 0 Å². The predicted octanol–water partition coefficient (Wildman–Crippen LogP) is 1.12. The molecule has 0 bridgehead atoms. The van der Waals surface area contributed by atoms with Gasteiger partial charge in [0.05, 0.1) is 0 Å². The average molecular weight is 237 g/mol. The molecule has 1 N–H and O–H groups in total. The first-order chi connectivity index (χ1) is 6.42. The van der Waals surface area contributed by atoms with E-state index in [1.807, 2.05) is 12.1 Å². The summed E-state index contributed by atoms with van der Waals surface area (Å²) >= 11 is 0.195. The van der Waals surface area contributed by atoms with Crippen molar-refractivity contribution in [1.29, 1.82) is 0 Å². The summed E-state index contributed by atoms with van der Waals surface area (Å²) in [5, 5.41) is 11.4. The molecule has 0 amide bonds. The Balaban J connectivity index is 2.61. The second-order valence-electron chi connectivity index (χ2n) is 2.75. The van der Waals surface area contributed by atoms with Gasteiger partial charge < -0.3 is 0 Å². The molecule has 1 nitrogen and oxygen atoms in total. The molecule has 2 heteroatoms. The summed E-state index contributed by atoms with van der Waals surface area (Å²) < 4.78 is 1.29. The van der Waals surface area contributed by atoms with Crippen LogP contribution in [0.3, 0.4) is 0 Å². The molecule has 0 aromatic heterocycles. The van der Waals surface area contributed by atoms with Gasteiger partial charge in [0.2, 0.25) is 0 Å². The average Bonchev–Trinajstić information content (AvgIpc) is 2.19. The Kier molecular flexibility index (Phi) is 2.65. The van der Waals surface area contributed by atoms with Gasteiger partial charge >= 0.3 is 83.3 Å². The quantitative estimate of drug-likeness (QED) is 0.776. The molecule has 0 saturated carbocycles. The van der Waals surface area contributed by atoms with Crippen molar-refractivity contribution in [3.8, 4) is 0 Å². The predicted molar refractivity (Wildman–Crippen MR) is 56.4 cm³/mol. The number of fused-ring (bicyclic) bond motifs is 1. The monoisotopic (exact) mass is 238 g/mol. The minimum absolute atomic E-state index is 0.195. The van der Waals surface area contributed by atoms with Crippen LogP contribution in [0.2, 0.25) is 0 Å². The van der Waals surface area contributed by atoms with Crippen molar-refractivity contribution in [1.82, 2.24) is 0 Å². The van der Waals surface area contributed by atoms with Crippen LogP contribution in [0.25, 0.3) is 10.8 Å². The first-order valence-electron chi connectivity index (χ1n) is 4.13. The van der Waals surface area contributed by atoms with E-state index in [1.165, 1.54) is 15.2 Å². The topological polar surface area (TPSA) is 20.2 Å². The van der Waals surface area contributed by atoms with E-state index in [4.69, 9.17) is 5.11 Å². The van der Waals surface area contributed by atoms with Crippen LogP contribution in [-0.2, 0) is 0 Å². The molecule has 13 heavy (non-hydrogen) atoms. The zero-order valence-electron chi connectivity index (χ0n) is 7.10. The molecule has 0 spiro atoms. The van der Waals surface area contributed by atoms with Crippen LogP contribution in [0.4, 0.5) is 0 Å². The van der Waals surface area contributed by atoms with Crippen molar-refractivity contribution in [3.63, 3.8) is 0 Å². The SMILES string of the molecule is OC[Se]c1cccc2ccccc12. The number of benzene rings is 2. The fourth-order valence-electron chi connectivity index (χ4n) is 1.39. The van der Waals surface area contributed by atoms with Crippen molar-refractivity contribution in [2.24, 2.45) is 0 Å². The van der Waals surface area contributed by atoms with E-state index in [-0.39, 0.29) is 20.5 Å². The molecule has 66 valence electrons. The molecule has 0 heterocycles. The summed E-state index contributed by atoms with van der Waals surface area (Å²) in [5.41, 5.74) is 0.279. The van der Waals surface area contributed by atoms with E-state index in [2.05, 4.69) is 30.3 Å². The summed E-state index contributed by atoms with van der Waals surface area (Å²) in [4.78, 5) is 0. The zero-order chi connectivity index (χ0) is 9.10. The summed E-state index contributed by atoms with van der Waals surface area (Å²) in [7, 11) is 0. The fraction of sp³-hybridized carbons (Fsp3) is 0.0909. The fourth-order valence-corrected chi connectivity index (χ4v) is 2.77. The third-order valence-corrected chi connectivity index (χ3v) is 3.64.